The third kappa shape index (κ3) is 2.84. The quantitative estimate of drug-likeness (QED) is 0.858. The van der Waals surface area contributed by atoms with Gasteiger partial charge in [0.1, 0.15) is 0 Å². The fourth-order valence-corrected chi connectivity index (χ4v) is 1.95. The van der Waals surface area contributed by atoms with Crippen molar-refractivity contribution in [3.8, 4) is 0 Å². The molecule has 4 heteroatoms. The molecule has 0 saturated heterocycles. The van der Waals surface area contributed by atoms with Crippen molar-refractivity contribution in [3.63, 3.8) is 0 Å². The molecule has 2 aromatic carbocycles. The van der Waals surface area contributed by atoms with Gasteiger partial charge in [-0.25, -0.2) is 0 Å². The summed E-state index contributed by atoms with van der Waals surface area (Å²) in [4.78, 5) is 12.1. The lowest BCUT2D eigenvalue weighted by atomic mass is 10.1. The summed E-state index contributed by atoms with van der Waals surface area (Å²) in [5.74, 6) is -0.267. The molecular formula is C14H11Cl2NO. The number of para-hydroxylation sites is 1. The monoisotopic (exact) mass is 279 g/mol. The lowest BCUT2D eigenvalue weighted by Gasteiger charge is -2.09. The van der Waals surface area contributed by atoms with E-state index in [0.29, 0.717) is 15.6 Å². The Morgan fingerprint density at radius 3 is 2.56 bits per heavy atom. The fraction of sp³-hybridized carbons (Fsp3) is 0.0714. The van der Waals surface area contributed by atoms with Crippen LogP contribution in [0.3, 0.4) is 0 Å². The van der Waals surface area contributed by atoms with Crippen LogP contribution in [0.1, 0.15) is 15.9 Å². The molecule has 0 aliphatic rings. The highest BCUT2D eigenvalue weighted by molar-refractivity contribution is 6.36. The number of hydrogen-bond donors (Lipinski definition) is 1. The van der Waals surface area contributed by atoms with Gasteiger partial charge in [0.2, 0.25) is 0 Å². The molecule has 0 aromatic heterocycles. The van der Waals surface area contributed by atoms with E-state index in [9.17, 15) is 4.79 Å². The molecule has 0 heterocycles. The molecular weight excluding hydrogens is 269 g/mol. The van der Waals surface area contributed by atoms with Crippen molar-refractivity contribution >= 4 is 34.8 Å². The van der Waals surface area contributed by atoms with E-state index in [2.05, 4.69) is 5.32 Å². The molecule has 92 valence electrons. The van der Waals surface area contributed by atoms with Crippen LogP contribution in [0.5, 0.6) is 0 Å². The Morgan fingerprint density at radius 1 is 1.11 bits per heavy atom. The van der Waals surface area contributed by atoms with Crippen molar-refractivity contribution in [2.45, 2.75) is 6.92 Å². The second kappa shape index (κ2) is 5.42. The van der Waals surface area contributed by atoms with Gasteiger partial charge in [-0.1, -0.05) is 41.4 Å². The molecule has 0 aliphatic heterocycles. The molecule has 2 aromatic rings. The van der Waals surface area contributed by atoms with Crippen LogP contribution in [0.4, 0.5) is 5.69 Å². The van der Waals surface area contributed by atoms with Gasteiger partial charge >= 0.3 is 0 Å². The molecule has 0 aliphatic carbocycles. The van der Waals surface area contributed by atoms with Crippen LogP contribution in [-0.4, -0.2) is 5.91 Å². The maximum Gasteiger partial charge on any atom is 0.257 e. The molecule has 18 heavy (non-hydrogen) atoms. The normalized spacial score (nSPS) is 10.2. The first-order valence-corrected chi connectivity index (χ1v) is 6.15. The summed E-state index contributed by atoms with van der Waals surface area (Å²) in [5, 5.41) is 3.67. The first-order chi connectivity index (χ1) is 8.58. The zero-order chi connectivity index (χ0) is 13.1. The predicted octanol–water partition coefficient (Wildman–Crippen LogP) is 4.55. The van der Waals surface area contributed by atoms with Crippen molar-refractivity contribution in [2.24, 2.45) is 0 Å². The Morgan fingerprint density at radius 2 is 1.83 bits per heavy atom. The topological polar surface area (TPSA) is 29.1 Å². The van der Waals surface area contributed by atoms with Gasteiger partial charge in [-0.2, -0.15) is 0 Å². The first-order valence-electron chi connectivity index (χ1n) is 5.40. The van der Waals surface area contributed by atoms with Crippen LogP contribution in [0.15, 0.2) is 42.5 Å². The molecule has 1 amide bonds. The molecule has 0 spiro atoms. The maximum atomic E-state index is 12.1. The van der Waals surface area contributed by atoms with Gasteiger partial charge in [0, 0.05) is 10.7 Å². The van der Waals surface area contributed by atoms with Crippen molar-refractivity contribution in [3.05, 3.63) is 63.6 Å². The zero-order valence-electron chi connectivity index (χ0n) is 9.71. The van der Waals surface area contributed by atoms with Gasteiger partial charge in [0.15, 0.2) is 0 Å². The Balaban J connectivity index is 2.28. The van der Waals surface area contributed by atoms with E-state index in [1.54, 1.807) is 18.2 Å². The Hall–Kier alpha value is -1.51. The van der Waals surface area contributed by atoms with Crippen LogP contribution in [0.25, 0.3) is 0 Å². The smallest absolute Gasteiger partial charge is 0.257 e. The number of carbonyl (C=O) groups excluding carboxylic acids is 1. The molecule has 0 fully saturated rings. The van der Waals surface area contributed by atoms with Crippen LogP contribution >= 0.6 is 23.2 Å². The van der Waals surface area contributed by atoms with Crippen LogP contribution in [0, 0.1) is 6.92 Å². The van der Waals surface area contributed by atoms with E-state index in [1.165, 1.54) is 0 Å². The van der Waals surface area contributed by atoms with Crippen molar-refractivity contribution in [1.82, 2.24) is 0 Å². The Bertz CT molecular complexity index is 596. The highest BCUT2D eigenvalue weighted by Gasteiger charge is 2.11. The summed E-state index contributed by atoms with van der Waals surface area (Å²) in [7, 11) is 0. The Kier molecular flexibility index (Phi) is 3.90. The van der Waals surface area contributed by atoms with Gasteiger partial charge in [0.25, 0.3) is 5.91 Å². The molecule has 1 N–H and O–H groups in total. The number of aryl methyl sites for hydroxylation is 1. The van der Waals surface area contributed by atoms with Gasteiger partial charge in [-0.05, 0) is 36.8 Å². The van der Waals surface area contributed by atoms with Crippen molar-refractivity contribution < 1.29 is 4.79 Å². The lowest BCUT2D eigenvalue weighted by Crippen LogP contribution is -2.13. The third-order valence-electron chi connectivity index (χ3n) is 2.57. The van der Waals surface area contributed by atoms with Gasteiger partial charge in [-0.15, -0.1) is 0 Å². The average Bonchev–Trinajstić information content (AvgIpc) is 2.35. The van der Waals surface area contributed by atoms with E-state index in [0.717, 1.165) is 11.3 Å². The van der Waals surface area contributed by atoms with E-state index in [1.807, 2.05) is 31.2 Å². The number of carbonyl (C=O) groups is 1. The number of amides is 1. The first kappa shape index (κ1) is 12.9. The maximum absolute atomic E-state index is 12.1. The molecule has 0 radical (unpaired) electrons. The minimum atomic E-state index is -0.267. The van der Waals surface area contributed by atoms with Gasteiger partial charge < -0.3 is 5.32 Å². The summed E-state index contributed by atoms with van der Waals surface area (Å²) in [6.07, 6.45) is 0. The number of halogens is 2. The molecule has 0 bridgehead atoms. The van der Waals surface area contributed by atoms with Crippen LogP contribution in [0.2, 0.25) is 10.0 Å². The summed E-state index contributed by atoms with van der Waals surface area (Å²) in [5.41, 5.74) is 2.12. The van der Waals surface area contributed by atoms with Crippen LogP contribution in [-0.2, 0) is 0 Å². The number of rotatable bonds is 2. The predicted molar refractivity (Wildman–Crippen MR) is 75.6 cm³/mol. The van der Waals surface area contributed by atoms with E-state index in [4.69, 9.17) is 23.2 Å². The number of nitrogens with one attached hydrogen (secondary N) is 1. The average molecular weight is 280 g/mol. The molecule has 2 rings (SSSR count). The van der Waals surface area contributed by atoms with Gasteiger partial charge in [0.05, 0.1) is 10.6 Å². The molecule has 0 atom stereocenters. The second-order valence-corrected chi connectivity index (χ2v) is 4.74. The molecule has 0 saturated carbocycles. The minimum absolute atomic E-state index is 0.267. The fourth-order valence-electron chi connectivity index (χ4n) is 1.57. The standard InChI is InChI=1S/C14H11Cl2NO/c1-9-4-2-3-5-13(9)17-14(18)11-8-10(15)6-7-12(11)16/h2-8H,1H3,(H,17,18). The number of anilines is 1. The highest BCUT2D eigenvalue weighted by atomic mass is 35.5. The number of benzene rings is 2. The highest BCUT2D eigenvalue weighted by Crippen LogP contribution is 2.22. The minimum Gasteiger partial charge on any atom is -0.322 e. The van der Waals surface area contributed by atoms with Crippen molar-refractivity contribution in [1.29, 1.82) is 0 Å². The SMILES string of the molecule is Cc1ccccc1NC(=O)c1cc(Cl)ccc1Cl. The Labute approximate surface area is 116 Å². The second-order valence-electron chi connectivity index (χ2n) is 3.89. The largest absolute Gasteiger partial charge is 0.322 e. The van der Waals surface area contributed by atoms with Crippen LogP contribution < -0.4 is 5.32 Å². The molecule has 0 unspecified atom stereocenters. The third-order valence-corrected chi connectivity index (χ3v) is 3.13. The zero-order valence-corrected chi connectivity index (χ0v) is 11.2. The van der Waals surface area contributed by atoms with Gasteiger partial charge in [-0.3, -0.25) is 4.79 Å². The summed E-state index contributed by atoms with van der Waals surface area (Å²) >= 11 is 11.8. The number of hydrogen-bond acceptors (Lipinski definition) is 1. The van der Waals surface area contributed by atoms with E-state index in [-0.39, 0.29) is 5.91 Å². The van der Waals surface area contributed by atoms with E-state index < -0.39 is 0 Å². The summed E-state index contributed by atoms with van der Waals surface area (Å²) in [6.45, 7) is 1.93. The van der Waals surface area contributed by atoms with Crippen molar-refractivity contribution in [2.75, 3.05) is 5.32 Å². The molecule has 2 nitrogen and oxygen atoms in total. The summed E-state index contributed by atoms with van der Waals surface area (Å²) < 4.78 is 0. The van der Waals surface area contributed by atoms with E-state index >= 15 is 0 Å². The lowest BCUT2D eigenvalue weighted by molar-refractivity contribution is 0.102. The summed E-state index contributed by atoms with van der Waals surface area (Å²) in [6, 6.07) is 12.4.